The van der Waals surface area contributed by atoms with Gasteiger partial charge in [-0.25, -0.2) is 4.98 Å². The van der Waals surface area contributed by atoms with Crippen LogP contribution in [0.1, 0.15) is 16.8 Å². The van der Waals surface area contributed by atoms with E-state index in [0.29, 0.717) is 12.5 Å². The Morgan fingerprint density at radius 3 is 2.84 bits per heavy atom. The van der Waals surface area contributed by atoms with E-state index in [0.717, 1.165) is 29.9 Å². The predicted octanol–water partition coefficient (Wildman–Crippen LogP) is 1.47. The molecule has 1 aromatic heterocycles. The second-order valence-corrected chi connectivity index (χ2v) is 4.76. The number of rotatable bonds is 2. The van der Waals surface area contributed by atoms with E-state index in [1.54, 1.807) is 0 Å². The zero-order valence-corrected chi connectivity index (χ0v) is 10.8. The number of aromatic amines is 1. The Labute approximate surface area is 111 Å². The van der Waals surface area contributed by atoms with Gasteiger partial charge in [-0.15, -0.1) is 0 Å². The molecule has 0 bridgehead atoms. The molecule has 2 aromatic rings. The van der Waals surface area contributed by atoms with Crippen LogP contribution in [-0.4, -0.2) is 16.5 Å². The van der Waals surface area contributed by atoms with Crippen molar-refractivity contribution in [3.05, 3.63) is 51.4 Å². The van der Waals surface area contributed by atoms with E-state index in [9.17, 15) is 4.79 Å². The molecule has 19 heavy (non-hydrogen) atoms. The van der Waals surface area contributed by atoms with Gasteiger partial charge in [0, 0.05) is 25.2 Å². The Balaban J connectivity index is 1.91. The van der Waals surface area contributed by atoms with Gasteiger partial charge in [0.15, 0.2) is 0 Å². The molecule has 98 valence electrons. The molecule has 0 spiro atoms. The molecule has 1 aliphatic rings. The molecule has 3 rings (SSSR count). The first-order chi connectivity index (χ1) is 9.22. The number of hydrogen-bond donors (Lipinski definition) is 3. The number of nitrogens with one attached hydrogen (secondary N) is 3. The molecule has 5 heteroatoms. The molecular weight excluding hydrogens is 240 g/mol. The highest BCUT2D eigenvalue weighted by atomic mass is 16.1. The van der Waals surface area contributed by atoms with Crippen LogP contribution >= 0.6 is 0 Å². The lowest BCUT2D eigenvalue weighted by Gasteiger charge is -2.16. The molecule has 0 unspecified atom stereocenters. The van der Waals surface area contributed by atoms with Gasteiger partial charge in [0.25, 0.3) is 5.56 Å². The fourth-order valence-corrected chi connectivity index (χ4v) is 2.19. The normalized spacial score (nSPS) is 13.9. The monoisotopic (exact) mass is 256 g/mol. The van der Waals surface area contributed by atoms with E-state index in [1.807, 2.05) is 31.2 Å². The van der Waals surface area contributed by atoms with E-state index < -0.39 is 0 Å². The van der Waals surface area contributed by atoms with Gasteiger partial charge in [-0.1, -0.05) is 17.7 Å². The summed E-state index contributed by atoms with van der Waals surface area (Å²) in [6.07, 6.45) is 0.793. The predicted molar refractivity (Wildman–Crippen MR) is 74.7 cm³/mol. The van der Waals surface area contributed by atoms with Crippen LogP contribution in [0.5, 0.6) is 0 Å². The summed E-state index contributed by atoms with van der Waals surface area (Å²) in [6, 6.07) is 7.97. The topological polar surface area (TPSA) is 69.8 Å². The molecule has 2 heterocycles. The number of anilines is 2. The van der Waals surface area contributed by atoms with Crippen LogP contribution in [0.4, 0.5) is 11.6 Å². The van der Waals surface area contributed by atoms with Gasteiger partial charge < -0.3 is 10.6 Å². The van der Waals surface area contributed by atoms with E-state index in [2.05, 4.69) is 20.6 Å². The first-order valence-corrected chi connectivity index (χ1v) is 6.39. The first-order valence-electron chi connectivity index (χ1n) is 6.39. The summed E-state index contributed by atoms with van der Waals surface area (Å²) in [5, 5.41) is 6.31. The number of benzene rings is 1. The maximum atomic E-state index is 12.0. The molecule has 0 saturated heterocycles. The lowest BCUT2D eigenvalue weighted by atomic mass is 10.1. The minimum atomic E-state index is -0.0631. The number of aryl methyl sites for hydroxylation is 1. The number of fused-ring (bicyclic) bond motifs is 1. The van der Waals surface area contributed by atoms with E-state index in [-0.39, 0.29) is 5.56 Å². The van der Waals surface area contributed by atoms with Gasteiger partial charge in [0.1, 0.15) is 0 Å². The maximum Gasteiger partial charge on any atom is 0.257 e. The molecule has 3 N–H and O–H groups in total. The second kappa shape index (κ2) is 4.85. The molecule has 0 radical (unpaired) electrons. The lowest BCUT2D eigenvalue weighted by Crippen LogP contribution is -2.31. The lowest BCUT2D eigenvalue weighted by molar-refractivity contribution is 0.621. The fraction of sp³-hybridized carbons (Fsp3) is 0.286. The van der Waals surface area contributed by atoms with Gasteiger partial charge in [0.05, 0.1) is 11.3 Å². The van der Waals surface area contributed by atoms with Gasteiger partial charge in [-0.3, -0.25) is 9.78 Å². The summed E-state index contributed by atoms with van der Waals surface area (Å²) in [5.74, 6) is 0.509. The molecule has 1 aromatic carbocycles. The van der Waals surface area contributed by atoms with Crippen LogP contribution in [0.25, 0.3) is 0 Å². The standard InChI is InChI=1S/C14H16N4O/c1-9-2-4-10(5-3-9)16-14-17-12-6-7-15-8-11(12)13(19)18-14/h2-5,15H,6-8H2,1H3,(H2,16,17,18,19). The second-order valence-electron chi connectivity index (χ2n) is 4.76. The summed E-state index contributed by atoms with van der Waals surface area (Å²) in [5.41, 5.74) is 3.69. The number of aromatic nitrogens is 2. The Hall–Kier alpha value is -2.14. The van der Waals surface area contributed by atoms with Crippen LogP contribution in [0.3, 0.4) is 0 Å². The Morgan fingerprint density at radius 1 is 1.26 bits per heavy atom. The third-order valence-electron chi connectivity index (χ3n) is 3.26. The van der Waals surface area contributed by atoms with Crippen LogP contribution in [0.2, 0.25) is 0 Å². The van der Waals surface area contributed by atoms with Crippen molar-refractivity contribution < 1.29 is 0 Å². The van der Waals surface area contributed by atoms with Gasteiger partial charge in [-0.2, -0.15) is 0 Å². The zero-order chi connectivity index (χ0) is 13.2. The van der Waals surface area contributed by atoms with E-state index >= 15 is 0 Å². The van der Waals surface area contributed by atoms with Crippen LogP contribution in [0, 0.1) is 6.92 Å². The van der Waals surface area contributed by atoms with Crippen LogP contribution in [0.15, 0.2) is 29.1 Å². The van der Waals surface area contributed by atoms with Gasteiger partial charge >= 0.3 is 0 Å². The first kappa shape index (κ1) is 11.9. The highest BCUT2D eigenvalue weighted by molar-refractivity contribution is 5.53. The number of hydrogen-bond acceptors (Lipinski definition) is 4. The SMILES string of the molecule is Cc1ccc(Nc2nc3c(c(=O)[nH]2)CNCC3)cc1. The van der Waals surface area contributed by atoms with Crippen molar-refractivity contribution >= 4 is 11.6 Å². The minimum absolute atomic E-state index is 0.0631. The minimum Gasteiger partial charge on any atom is -0.326 e. The Kier molecular flexibility index (Phi) is 3.05. The van der Waals surface area contributed by atoms with E-state index in [4.69, 9.17) is 0 Å². The van der Waals surface area contributed by atoms with Gasteiger partial charge in [0.2, 0.25) is 5.95 Å². The summed E-state index contributed by atoms with van der Waals surface area (Å²) in [7, 11) is 0. The average Bonchev–Trinajstić information content (AvgIpc) is 2.42. The Bertz CT molecular complexity index is 645. The van der Waals surface area contributed by atoms with Crippen molar-refractivity contribution in [1.29, 1.82) is 0 Å². The average molecular weight is 256 g/mol. The Morgan fingerprint density at radius 2 is 2.05 bits per heavy atom. The largest absolute Gasteiger partial charge is 0.326 e. The maximum absolute atomic E-state index is 12.0. The summed E-state index contributed by atoms with van der Waals surface area (Å²) < 4.78 is 0. The quantitative estimate of drug-likeness (QED) is 0.761. The molecule has 5 nitrogen and oxygen atoms in total. The third kappa shape index (κ3) is 2.51. The van der Waals surface area contributed by atoms with Crippen molar-refractivity contribution in [2.45, 2.75) is 19.9 Å². The number of H-pyrrole nitrogens is 1. The molecule has 0 fully saturated rings. The van der Waals surface area contributed by atoms with Gasteiger partial charge in [-0.05, 0) is 19.1 Å². The van der Waals surface area contributed by atoms with Crippen LogP contribution in [-0.2, 0) is 13.0 Å². The fourth-order valence-electron chi connectivity index (χ4n) is 2.19. The smallest absolute Gasteiger partial charge is 0.257 e. The summed E-state index contributed by atoms with van der Waals surface area (Å²) in [4.78, 5) is 19.2. The van der Waals surface area contributed by atoms with Crippen molar-refractivity contribution in [3.63, 3.8) is 0 Å². The van der Waals surface area contributed by atoms with Crippen molar-refractivity contribution in [2.75, 3.05) is 11.9 Å². The highest BCUT2D eigenvalue weighted by Gasteiger charge is 2.14. The third-order valence-corrected chi connectivity index (χ3v) is 3.26. The molecule has 1 aliphatic heterocycles. The molecule has 0 atom stereocenters. The highest BCUT2D eigenvalue weighted by Crippen LogP contribution is 2.14. The van der Waals surface area contributed by atoms with Crippen molar-refractivity contribution in [3.8, 4) is 0 Å². The summed E-state index contributed by atoms with van der Waals surface area (Å²) >= 11 is 0. The molecule has 0 amide bonds. The van der Waals surface area contributed by atoms with E-state index in [1.165, 1.54) is 5.56 Å². The molecule has 0 aliphatic carbocycles. The molecular formula is C14H16N4O. The summed E-state index contributed by atoms with van der Waals surface area (Å²) in [6.45, 7) is 3.51. The van der Waals surface area contributed by atoms with Crippen molar-refractivity contribution in [1.82, 2.24) is 15.3 Å². The van der Waals surface area contributed by atoms with Crippen molar-refractivity contribution in [2.24, 2.45) is 0 Å². The number of nitrogens with zero attached hydrogens (tertiary/aromatic N) is 1. The zero-order valence-electron chi connectivity index (χ0n) is 10.8. The van der Waals surface area contributed by atoms with Crippen LogP contribution < -0.4 is 16.2 Å². The molecule has 0 saturated carbocycles.